The molecule has 0 aromatic carbocycles. The van der Waals surface area contributed by atoms with Crippen LogP contribution in [0.25, 0.3) is 0 Å². The van der Waals surface area contributed by atoms with Crippen molar-refractivity contribution >= 4 is 39.5 Å². The molecule has 0 heterocycles. The topological polar surface area (TPSA) is 237 Å². The third-order valence-corrected chi connectivity index (χ3v) is 20.1. The molecular formula is C74H144O17P2. The van der Waals surface area contributed by atoms with Crippen LogP contribution in [0.4, 0.5) is 0 Å². The van der Waals surface area contributed by atoms with Gasteiger partial charge >= 0.3 is 39.5 Å². The Hall–Kier alpha value is -1.94. The Bertz CT molecular complexity index is 1820. The van der Waals surface area contributed by atoms with Crippen molar-refractivity contribution in [1.82, 2.24) is 0 Å². The van der Waals surface area contributed by atoms with Crippen molar-refractivity contribution in [3.8, 4) is 0 Å². The molecule has 0 radical (unpaired) electrons. The van der Waals surface area contributed by atoms with Gasteiger partial charge in [-0.15, -0.1) is 0 Å². The van der Waals surface area contributed by atoms with Crippen LogP contribution >= 0.6 is 15.6 Å². The number of aliphatic hydroxyl groups is 1. The first-order valence-corrected chi connectivity index (χ1v) is 41.5. The van der Waals surface area contributed by atoms with Gasteiger partial charge in [0.15, 0.2) is 12.2 Å². The number of phosphoric ester groups is 2. The Kier molecular flexibility index (Phi) is 63.4. The van der Waals surface area contributed by atoms with Crippen LogP contribution in [0.5, 0.6) is 0 Å². The molecular weight excluding hydrogens is 1220 g/mol. The Morgan fingerprint density at radius 1 is 0.301 bits per heavy atom. The average Bonchev–Trinajstić information content (AvgIpc) is 1.63. The summed E-state index contributed by atoms with van der Waals surface area (Å²) >= 11 is 0. The fourth-order valence-corrected chi connectivity index (χ4v) is 12.7. The molecule has 0 rings (SSSR count). The molecule has 0 aliphatic carbocycles. The highest BCUT2D eigenvalue weighted by molar-refractivity contribution is 7.47. The average molecular weight is 1370 g/mol. The number of carbonyl (C=O) groups excluding carboxylic acids is 4. The molecule has 17 nitrogen and oxygen atoms in total. The van der Waals surface area contributed by atoms with E-state index in [-0.39, 0.29) is 25.7 Å². The van der Waals surface area contributed by atoms with Gasteiger partial charge in [0.05, 0.1) is 26.4 Å². The maximum Gasteiger partial charge on any atom is 0.472 e. The fraction of sp³-hybridized carbons (Fsp3) is 0.946. The molecule has 0 bridgehead atoms. The standard InChI is InChI=1S/C74H144O17P2/c1-8-12-13-14-15-16-17-18-19-20-21-22-23-24-25-30-33-43-50-57-73(78)90-69(61-84-71(76)55-48-41-32-29-27-26-28-31-38-45-52-65(5)9-2)63-88-92(80,81)86-59-68(75)60-87-93(82,83)89-64-70(91-74(79)58-51-44-37-35-40-47-54-67(7)11-4)62-85-72(77)56-49-42-36-34-39-46-53-66(6)10-3/h65-70,75H,8-64H2,1-7H3,(H,80,81)(H,82,83)/t65?,66?,67?,68-,69-,70-/m1/s1. The Morgan fingerprint density at radius 2 is 0.516 bits per heavy atom. The number of carbonyl (C=O) groups is 4. The molecule has 5 unspecified atom stereocenters. The van der Waals surface area contributed by atoms with Crippen LogP contribution in [0.3, 0.4) is 0 Å². The Balaban J connectivity index is 5.23. The van der Waals surface area contributed by atoms with Gasteiger partial charge in [-0.1, -0.05) is 325 Å². The molecule has 93 heavy (non-hydrogen) atoms. The Morgan fingerprint density at radius 3 is 0.763 bits per heavy atom. The van der Waals surface area contributed by atoms with Crippen LogP contribution < -0.4 is 0 Å². The zero-order chi connectivity index (χ0) is 68.7. The molecule has 0 fully saturated rings. The van der Waals surface area contributed by atoms with Gasteiger partial charge in [-0.05, 0) is 43.4 Å². The summed E-state index contributed by atoms with van der Waals surface area (Å²) in [5.41, 5.74) is 0. The molecule has 0 amide bonds. The van der Waals surface area contributed by atoms with E-state index in [4.69, 9.17) is 37.0 Å². The summed E-state index contributed by atoms with van der Waals surface area (Å²) in [5, 5.41) is 10.6. The number of esters is 4. The lowest BCUT2D eigenvalue weighted by Gasteiger charge is -2.21. The van der Waals surface area contributed by atoms with Crippen molar-refractivity contribution in [1.29, 1.82) is 0 Å². The van der Waals surface area contributed by atoms with Crippen LogP contribution in [0.1, 0.15) is 376 Å². The monoisotopic (exact) mass is 1370 g/mol. The minimum absolute atomic E-state index is 0.102. The van der Waals surface area contributed by atoms with Crippen molar-refractivity contribution in [3.05, 3.63) is 0 Å². The van der Waals surface area contributed by atoms with E-state index >= 15 is 0 Å². The molecule has 8 atom stereocenters. The van der Waals surface area contributed by atoms with Gasteiger partial charge in [-0.25, -0.2) is 9.13 Å². The maximum absolute atomic E-state index is 13.1. The number of aliphatic hydroxyl groups excluding tert-OH is 1. The summed E-state index contributed by atoms with van der Waals surface area (Å²) in [7, 11) is -9.91. The molecule has 552 valence electrons. The molecule has 19 heteroatoms. The van der Waals surface area contributed by atoms with Gasteiger partial charge in [-0.3, -0.25) is 37.3 Å². The van der Waals surface area contributed by atoms with E-state index in [1.54, 1.807) is 0 Å². The van der Waals surface area contributed by atoms with Gasteiger partial charge in [0.25, 0.3) is 0 Å². The van der Waals surface area contributed by atoms with Crippen LogP contribution in [0.15, 0.2) is 0 Å². The predicted molar refractivity (Wildman–Crippen MR) is 377 cm³/mol. The highest BCUT2D eigenvalue weighted by Crippen LogP contribution is 2.45. The summed E-state index contributed by atoms with van der Waals surface area (Å²) < 4.78 is 68.4. The summed E-state index contributed by atoms with van der Waals surface area (Å²) in [4.78, 5) is 72.7. The molecule has 0 aromatic rings. The highest BCUT2D eigenvalue weighted by atomic mass is 31.2. The Labute approximate surface area is 568 Å². The number of phosphoric acid groups is 2. The van der Waals surface area contributed by atoms with E-state index in [9.17, 15) is 43.2 Å². The minimum Gasteiger partial charge on any atom is -0.462 e. The van der Waals surface area contributed by atoms with Crippen molar-refractivity contribution < 1.29 is 80.2 Å². The van der Waals surface area contributed by atoms with Crippen LogP contribution in [-0.2, 0) is 65.4 Å². The van der Waals surface area contributed by atoms with Crippen molar-refractivity contribution in [2.45, 2.75) is 394 Å². The minimum atomic E-state index is -4.96. The predicted octanol–water partition coefficient (Wildman–Crippen LogP) is 21.4. The largest absolute Gasteiger partial charge is 0.472 e. The molecule has 0 spiro atoms. The molecule has 0 aliphatic heterocycles. The molecule has 0 saturated heterocycles. The molecule has 0 aromatic heterocycles. The van der Waals surface area contributed by atoms with Crippen LogP contribution in [-0.4, -0.2) is 96.7 Å². The number of hydrogen-bond acceptors (Lipinski definition) is 15. The zero-order valence-corrected chi connectivity index (χ0v) is 62.5. The lowest BCUT2D eigenvalue weighted by atomic mass is 9.99. The molecule has 3 N–H and O–H groups in total. The van der Waals surface area contributed by atoms with E-state index in [0.29, 0.717) is 25.7 Å². The third-order valence-electron chi connectivity index (χ3n) is 18.2. The molecule has 0 saturated carbocycles. The first kappa shape index (κ1) is 91.1. The van der Waals surface area contributed by atoms with Crippen molar-refractivity contribution in [2.24, 2.45) is 17.8 Å². The summed E-state index contributed by atoms with van der Waals surface area (Å²) in [6.07, 6.45) is 50.0. The summed E-state index contributed by atoms with van der Waals surface area (Å²) in [6, 6.07) is 0. The first-order valence-electron chi connectivity index (χ1n) is 38.5. The fourth-order valence-electron chi connectivity index (χ4n) is 11.2. The van der Waals surface area contributed by atoms with E-state index in [0.717, 1.165) is 114 Å². The van der Waals surface area contributed by atoms with E-state index in [1.165, 1.54) is 180 Å². The van der Waals surface area contributed by atoms with Gasteiger partial charge in [0.1, 0.15) is 19.3 Å². The normalized spacial score (nSPS) is 15.0. The smallest absolute Gasteiger partial charge is 0.462 e. The van der Waals surface area contributed by atoms with Gasteiger partial charge < -0.3 is 33.8 Å². The summed E-state index contributed by atoms with van der Waals surface area (Å²) in [6.45, 7) is 11.8. The van der Waals surface area contributed by atoms with Gasteiger partial charge in [0.2, 0.25) is 0 Å². The van der Waals surface area contributed by atoms with Crippen molar-refractivity contribution in [2.75, 3.05) is 39.6 Å². The zero-order valence-electron chi connectivity index (χ0n) is 60.7. The first-order chi connectivity index (χ1) is 44.8. The number of ether oxygens (including phenoxy) is 4. The lowest BCUT2D eigenvalue weighted by Crippen LogP contribution is -2.30. The maximum atomic E-state index is 13.1. The van der Waals surface area contributed by atoms with Gasteiger partial charge in [-0.2, -0.15) is 0 Å². The number of rotatable bonds is 72. The SMILES string of the molecule is CCCCCCCCCCCCCCCCCCCCCC(=O)O[C@H](COC(=O)CCCCCCCCCCCCC(C)CC)COP(=O)(O)OC[C@@H](O)COP(=O)(O)OC[C@@H](COC(=O)CCCCCCCCC(C)CC)OC(=O)CCCCCCCCC(C)CC. The van der Waals surface area contributed by atoms with Crippen LogP contribution in [0.2, 0.25) is 0 Å². The second kappa shape index (κ2) is 64.7. The second-order valence-corrected chi connectivity index (χ2v) is 30.3. The van der Waals surface area contributed by atoms with Crippen molar-refractivity contribution in [3.63, 3.8) is 0 Å². The van der Waals surface area contributed by atoms with Crippen LogP contribution in [0, 0.1) is 17.8 Å². The second-order valence-electron chi connectivity index (χ2n) is 27.4. The van der Waals surface area contributed by atoms with E-state index < -0.39 is 97.5 Å². The quantitative estimate of drug-likeness (QED) is 0.0222. The summed E-state index contributed by atoms with van der Waals surface area (Å²) in [5.74, 6) is 0.135. The lowest BCUT2D eigenvalue weighted by molar-refractivity contribution is -0.161. The van der Waals surface area contributed by atoms with E-state index in [1.807, 2.05) is 0 Å². The number of hydrogen-bond donors (Lipinski definition) is 3. The third kappa shape index (κ3) is 64.5. The number of unbranched alkanes of at least 4 members (excludes halogenated alkanes) is 37. The highest BCUT2D eigenvalue weighted by Gasteiger charge is 2.30. The van der Waals surface area contributed by atoms with E-state index in [2.05, 4.69) is 48.5 Å². The molecule has 0 aliphatic rings. The van der Waals surface area contributed by atoms with Gasteiger partial charge in [0, 0.05) is 25.7 Å².